The topological polar surface area (TPSA) is 78.1 Å². The second-order valence-corrected chi connectivity index (χ2v) is 5.91. The van der Waals surface area contributed by atoms with Crippen LogP contribution in [0.15, 0.2) is 4.99 Å². The zero-order valence-electron chi connectivity index (χ0n) is 13.0. The summed E-state index contributed by atoms with van der Waals surface area (Å²) >= 11 is 0. The first kappa shape index (κ1) is 18.9. The molecule has 1 spiro atoms. The maximum atomic E-state index is 5.99. The Hall–Kier alpha value is -0.120. The zero-order valence-corrected chi connectivity index (χ0v) is 15.3. The van der Waals surface area contributed by atoms with Crippen LogP contribution in [0.5, 0.6) is 0 Å². The molecular weight excluding hydrogens is 385 g/mol. The van der Waals surface area contributed by atoms with Gasteiger partial charge in [0.2, 0.25) is 0 Å². The Labute approximate surface area is 144 Å². The number of nitrogens with one attached hydrogen (secondary N) is 1. The van der Waals surface area contributed by atoms with Gasteiger partial charge in [-0.1, -0.05) is 13.8 Å². The zero-order chi connectivity index (χ0) is 14.4. The van der Waals surface area contributed by atoms with Crippen LogP contribution in [-0.4, -0.2) is 50.8 Å². The smallest absolute Gasteiger partial charge is 0.188 e. The second kappa shape index (κ2) is 9.12. The van der Waals surface area contributed by atoms with Gasteiger partial charge in [0.25, 0.3) is 0 Å². The SMILES string of the molecule is CC(C)CCNC(N)=NCC1COC2(CCOCC2)O1.I. The highest BCUT2D eigenvalue weighted by Crippen LogP contribution is 2.33. The van der Waals surface area contributed by atoms with Crippen LogP contribution in [-0.2, 0) is 14.2 Å². The van der Waals surface area contributed by atoms with Gasteiger partial charge in [0.15, 0.2) is 11.7 Å². The molecule has 1 unspecified atom stereocenters. The summed E-state index contributed by atoms with van der Waals surface area (Å²) < 4.78 is 17.1. The number of rotatable bonds is 5. The van der Waals surface area contributed by atoms with E-state index >= 15 is 0 Å². The monoisotopic (exact) mass is 413 g/mol. The fourth-order valence-electron chi connectivity index (χ4n) is 2.40. The summed E-state index contributed by atoms with van der Waals surface area (Å²) in [6.07, 6.45) is 2.69. The molecule has 0 aromatic heterocycles. The molecule has 2 fully saturated rings. The molecule has 2 saturated heterocycles. The van der Waals surface area contributed by atoms with Crippen molar-refractivity contribution < 1.29 is 14.2 Å². The Balaban J connectivity index is 0.00000220. The molecule has 2 heterocycles. The van der Waals surface area contributed by atoms with Crippen molar-refractivity contribution >= 4 is 29.9 Å². The summed E-state index contributed by atoms with van der Waals surface area (Å²) in [6, 6.07) is 0. The van der Waals surface area contributed by atoms with Crippen LogP contribution in [0.2, 0.25) is 0 Å². The van der Waals surface area contributed by atoms with Gasteiger partial charge in [-0.15, -0.1) is 24.0 Å². The van der Waals surface area contributed by atoms with Gasteiger partial charge in [-0.05, 0) is 12.3 Å². The minimum absolute atomic E-state index is 0. The number of guanidine groups is 1. The van der Waals surface area contributed by atoms with Gasteiger partial charge in [0, 0.05) is 19.4 Å². The van der Waals surface area contributed by atoms with Crippen molar-refractivity contribution in [2.75, 3.05) is 32.9 Å². The molecule has 6 nitrogen and oxygen atoms in total. The number of ether oxygens (including phenoxy) is 3. The van der Waals surface area contributed by atoms with E-state index < -0.39 is 5.79 Å². The third-order valence-electron chi connectivity index (χ3n) is 3.66. The van der Waals surface area contributed by atoms with E-state index in [9.17, 15) is 0 Å². The van der Waals surface area contributed by atoms with Crippen LogP contribution in [0.1, 0.15) is 33.1 Å². The molecule has 2 aliphatic rings. The lowest BCUT2D eigenvalue weighted by atomic mass is 10.1. The molecule has 0 amide bonds. The molecule has 7 heteroatoms. The van der Waals surface area contributed by atoms with Gasteiger partial charge in [-0.3, -0.25) is 4.99 Å². The predicted molar refractivity (Wildman–Crippen MR) is 93.0 cm³/mol. The summed E-state index contributed by atoms with van der Waals surface area (Å²) in [7, 11) is 0. The summed E-state index contributed by atoms with van der Waals surface area (Å²) in [5.41, 5.74) is 5.83. The number of aliphatic imine (C=N–C) groups is 1. The lowest BCUT2D eigenvalue weighted by Crippen LogP contribution is -2.38. The standard InChI is InChI=1S/C14H27N3O3.HI/c1-11(2)3-6-16-13(15)17-9-12-10-19-14(20-12)4-7-18-8-5-14;/h11-12H,3-10H2,1-2H3,(H3,15,16,17);1H. The first-order chi connectivity index (χ1) is 9.60. The number of hydrogen-bond acceptors (Lipinski definition) is 4. The predicted octanol–water partition coefficient (Wildman–Crippen LogP) is 1.48. The Bertz CT molecular complexity index is 333. The molecular formula is C14H28IN3O3. The highest BCUT2D eigenvalue weighted by Gasteiger charge is 2.42. The van der Waals surface area contributed by atoms with E-state index in [0.717, 1.165) is 25.8 Å². The average Bonchev–Trinajstić information content (AvgIpc) is 2.80. The first-order valence-corrected chi connectivity index (χ1v) is 7.53. The molecule has 0 aromatic rings. The van der Waals surface area contributed by atoms with Gasteiger partial charge in [0.05, 0.1) is 26.4 Å². The third kappa shape index (κ3) is 6.25. The van der Waals surface area contributed by atoms with Crippen molar-refractivity contribution in [2.45, 2.75) is 45.0 Å². The Morgan fingerprint density at radius 1 is 1.38 bits per heavy atom. The van der Waals surface area contributed by atoms with Gasteiger partial charge >= 0.3 is 0 Å². The maximum Gasteiger partial charge on any atom is 0.188 e. The number of hydrogen-bond donors (Lipinski definition) is 2. The van der Waals surface area contributed by atoms with Gasteiger partial charge in [0.1, 0.15) is 6.10 Å². The Morgan fingerprint density at radius 3 is 2.76 bits per heavy atom. The number of nitrogens with two attached hydrogens (primary N) is 1. The molecule has 3 N–H and O–H groups in total. The molecule has 21 heavy (non-hydrogen) atoms. The van der Waals surface area contributed by atoms with Crippen LogP contribution in [0.4, 0.5) is 0 Å². The van der Waals surface area contributed by atoms with E-state index in [-0.39, 0.29) is 30.1 Å². The Kier molecular flexibility index (Phi) is 8.22. The molecule has 0 radical (unpaired) electrons. The fourth-order valence-corrected chi connectivity index (χ4v) is 2.40. The van der Waals surface area contributed by atoms with Crippen molar-refractivity contribution in [3.63, 3.8) is 0 Å². The highest BCUT2D eigenvalue weighted by molar-refractivity contribution is 14.0. The summed E-state index contributed by atoms with van der Waals surface area (Å²) in [6.45, 7) is 7.77. The normalized spacial score (nSPS) is 25.1. The van der Waals surface area contributed by atoms with Crippen molar-refractivity contribution in [1.82, 2.24) is 5.32 Å². The summed E-state index contributed by atoms with van der Waals surface area (Å²) in [4.78, 5) is 4.33. The van der Waals surface area contributed by atoms with E-state index in [4.69, 9.17) is 19.9 Å². The van der Waals surface area contributed by atoms with Crippen LogP contribution in [0, 0.1) is 5.92 Å². The molecule has 0 aliphatic carbocycles. The fraction of sp³-hybridized carbons (Fsp3) is 0.929. The molecule has 1 atom stereocenters. The van der Waals surface area contributed by atoms with E-state index in [2.05, 4.69) is 24.2 Å². The van der Waals surface area contributed by atoms with Gasteiger partial charge in [-0.2, -0.15) is 0 Å². The quantitative estimate of drug-likeness (QED) is 0.406. The van der Waals surface area contributed by atoms with Crippen LogP contribution < -0.4 is 11.1 Å². The largest absolute Gasteiger partial charge is 0.381 e. The highest BCUT2D eigenvalue weighted by atomic mass is 127. The van der Waals surface area contributed by atoms with Crippen LogP contribution in [0.3, 0.4) is 0 Å². The minimum Gasteiger partial charge on any atom is -0.381 e. The molecule has 2 rings (SSSR count). The van der Waals surface area contributed by atoms with Crippen LogP contribution in [0.25, 0.3) is 0 Å². The van der Waals surface area contributed by atoms with E-state index in [1.165, 1.54) is 0 Å². The van der Waals surface area contributed by atoms with Crippen LogP contribution >= 0.6 is 24.0 Å². The minimum atomic E-state index is -0.432. The Morgan fingerprint density at radius 2 is 2.10 bits per heavy atom. The summed E-state index contributed by atoms with van der Waals surface area (Å²) in [5, 5.41) is 3.12. The van der Waals surface area contributed by atoms with Gasteiger partial charge < -0.3 is 25.3 Å². The van der Waals surface area contributed by atoms with E-state index in [1.54, 1.807) is 0 Å². The molecule has 0 bridgehead atoms. The van der Waals surface area contributed by atoms with E-state index in [1.807, 2.05) is 0 Å². The maximum absolute atomic E-state index is 5.99. The van der Waals surface area contributed by atoms with Crippen molar-refractivity contribution in [3.8, 4) is 0 Å². The lowest BCUT2D eigenvalue weighted by Gasteiger charge is -2.31. The molecule has 0 aromatic carbocycles. The van der Waals surface area contributed by atoms with E-state index in [0.29, 0.717) is 38.2 Å². The van der Waals surface area contributed by atoms with Crippen molar-refractivity contribution in [3.05, 3.63) is 0 Å². The lowest BCUT2D eigenvalue weighted by molar-refractivity contribution is -0.210. The summed E-state index contributed by atoms with van der Waals surface area (Å²) in [5.74, 6) is 0.718. The van der Waals surface area contributed by atoms with Crippen molar-refractivity contribution in [2.24, 2.45) is 16.6 Å². The molecule has 2 aliphatic heterocycles. The average molecular weight is 413 g/mol. The van der Waals surface area contributed by atoms with Crippen molar-refractivity contribution in [1.29, 1.82) is 0 Å². The molecule has 0 saturated carbocycles. The number of halogens is 1. The molecule has 124 valence electrons. The second-order valence-electron chi connectivity index (χ2n) is 5.91. The third-order valence-corrected chi connectivity index (χ3v) is 3.66. The number of nitrogens with zero attached hydrogens (tertiary/aromatic N) is 1. The van der Waals surface area contributed by atoms with Gasteiger partial charge in [-0.25, -0.2) is 0 Å². The first-order valence-electron chi connectivity index (χ1n) is 7.53.